The quantitative estimate of drug-likeness (QED) is 0.163. The molecule has 7 heteroatoms. The average molecular weight is 602 g/mol. The number of benzene rings is 3. The first-order chi connectivity index (χ1) is 19.0. The Labute approximate surface area is 243 Å². The van der Waals surface area contributed by atoms with Gasteiger partial charge in [-0.05, 0) is 61.8 Å². The third-order valence-electron chi connectivity index (χ3n) is 7.91. The van der Waals surface area contributed by atoms with E-state index < -0.39 is 29.6 Å². The van der Waals surface area contributed by atoms with Crippen molar-refractivity contribution < 1.29 is 19.1 Å². The summed E-state index contributed by atoms with van der Waals surface area (Å²) in [6, 6.07) is 25.6. The van der Waals surface area contributed by atoms with Crippen molar-refractivity contribution in [2.75, 3.05) is 6.54 Å². The number of esters is 1. The van der Waals surface area contributed by atoms with Gasteiger partial charge in [0.1, 0.15) is 6.54 Å². The number of carbonyl (C=O) groups is 3. The predicted molar refractivity (Wildman–Crippen MR) is 158 cm³/mol. The van der Waals surface area contributed by atoms with Crippen LogP contribution in [0.25, 0.3) is 0 Å². The van der Waals surface area contributed by atoms with Crippen molar-refractivity contribution in [3.63, 3.8) is 0 Å². The molecule has 0 aliphatic heterocycles. The van der Waals surface area contributed by atoms with Crippen LogP contribution in [0.4, 0.5) is 0 Å². The molecule has 6 nitrogen and oxygen atoms in total. The first kappa shape index (κ1) is 28.0. The lowest BCUT2D eigenvalue weighted by molar-refractivity contribution is -0.161. The predicted octanol–water partition coefficient (Wildman–Crippen LogP) is 6.33. The SMILES string of the molecule is CC(C)(N=C(c1ccccc1)c1ccccc1)OC(=O)CN(C=O)C(=O)CC1(C)CC2(CC2)c2cc(Br)ccc21. The standard InChI is InChI=1S/C33H33BrN2O4/c1-31(2,35-30(23-10-6-4-7-11-23)24-12-8-5-9-13-24)40-29(39)20-36(22-37)28(38)19-32(3)21-33(16-17-33)27-18-25(34)14-15-26(27)32/h4-15,18,22H,16-17,19-21H2,1-3H3. The topological polar surface area (TPSA) is 76.0 Å². The van der Waals surface area contributed by atoms with Crippen LogP contribution in [-0.2, 0) is 30.0 Å². The van der Waals surface area contributed by atoms with Crippen molar-refractivity contribution in [1.82, 2.24) is 4.90 Å². The Morgan fingerprint density at radius 2 is 1.57 bits per heavy atom. The molecule has 3 aromatic carbocycles. The van der Waals surface area contributed by atoms with Gasteiger partial charge in [0.05, 0.1) is 5.71 Å². The number of hydrogen-bond acceptors (Lipinski definition) is 5. The number of imide groups is 1. The number of hydrogen-bond donors (Lipinski definition) is 0. The number of rotatable bonds is 9. The van der Waals surface area contributed by atoms with Crippen LogP contribution in [-0.4, -0.2) is 41.2 Å². The molecule has 1 fully saturated rings. The molecule has 0 heterocycles. The monoisotopic (exact) mass is 600 g/mol. The second-order valence-corrected chi connectivity index (χ2v) is 12.5. The van der Waals surface area contributed by atoms with Gasteiger partial charge in [0.25, 0.3) is 0 Å². The van der Waals surface area contributed by atoms with E-state index in [0.29, 0.717) is 12.1 Å². The maximum atomic E-state index is 13.3. The van der Waals surface area contributed by atoms with Crippen molar-refractivity contribution in [2.45, 2.75) is 63.0 Å². The molecule has 2 aliphatic rings. The van der Waals surface area contributed by atoms with Crippen molar-refractivity contribution in [3.8, 4) is 0 Å². The highest BCUT2D eigenvalue weighted by molar-refractivity contribution is 9.10. The highest BCUT2D eigenvalue weighted by atomic mass is 79.9. The molecule has 0 saturated heterocycles. The number of fused-ring (bicyclic) bond motifs is 2. The molecule has 40 heavy (non-hydrogen) atoms. The van der Waals surface area contributed by atoms with Crippen molar-refractivity contribution in [3.05, 3.63) is 106 Å². The highest BCUT2D eigenvalue weighted by Crippen LogP contribution is 2.63. The van der Waals surface area contributed by atoms with Crippen molar-refractivity contribution >= 4 is 39.9 Å². The molecule has 2 amide bonds. The zero-order valence-electron chi connectivity index (χ0n) is 23.0. The number of amides is 2. The molecular weight excluding hydrogens is 568 g/mol. The number of nitrogens with zero attached hydrogens (tertiary/aromatic N) is 2. The lowest BCUT2D eigenvalue weighted by atomic mass is 9.79. The van der Waals surface area contributed by atoms with Crippen LogP contribution in [0.1, 0.15) is 68.7 Å². The van der Waals surface area contributed by atoms with Gasteiger partial charge in [0, 0.05) is 27.4 Å². The average Bonchev–Trinajstić information content (AvgIpc) is 3.66. The maximum Gasteiger partial charge on any atom is 0.328 e. The summed E-state index contributed by atoms with van der Waals surface area (Å²) in [5.41, 5.74) is 3.37. The van der Waals surface area contributed by atoms with E-state index in [1.807, 2.05) is 66.7 Å². The summed E-state index contributed by atoms with van der Waals surface area (Å²) in [6.07, 6.45) is 3.63. The summed E-state index contributed by atoms with van der Waals surface area (Å²) in [4.78, 5) is 44.0. The summed E-state index contributed by atoms with van der Waals surface area (Å²) < 4.78 is 6.74. The van der Waals surface area contributed by atoms with Crippen molar-refractivity contribution in [2.24, 2.45) is 4.99 Å². The molecule has 0 radical (unpaired) electrons. The normalized spacial score (nSPS) is 18.5. The van der Waals surface area contributed by atoms with Gasteiger partial charge in [-0.1, -0.05) is 89.6 Å². The summed E-state index contributed by atoms with van der Waals surface area (Å²) >= 11 is 3.58. The minimum absolute atomic E-state index is 0.121. The van der Waals surface area contributed by atoms with Gasteiger partial charge in [0.2, 0.25) is 12.3 Å². The Kier molecular flexibility index (Phi) is 7.53. The molecule has 5 rings (SSSR count). The first-order valence-corrected chi connectivity index (χ1v) is 14.3. The van der Waals surface area contributed by atoms with E-state index >= 15 is 0 Å². The lowest BCUT2D eigenvalue weighted by Gasteiger charge is -2.28. The molecule has 1 unspecified atom stereocenters. The lowest BCUT2D eigenvalue weighted by Crippen LogP contribution is -2.41. The molecule has 0 N–H and O–H groups in total. The van der Waals surface area contributed by atoms with Crippen molar-refractivity contribution in [1.29, 1.82) is 0 Å². The Hall–Kier alpha value is -3.58. The molecule has 0 aromatic heterocycles. The summed E-state index contributed by atoms with van der Waals surface area (Å²) in [5, 5.41) is 0. The van der Waals surface area contributed by atoms with Crippen LogP contribution >= 0.6 is 15.9 Å². The molecule has 3 aromatic rings. The third kappa shape index (κ3) is 5.80. The van der Waals surface area contributed by atoms with E-state index in [-0.39, 0.29) is 11.8 Å². The smallest absolute Gasteiger partial charge is 0.328 e. The minimum atomic E-state index is -1.24. The number of halogens is 1. The van der Waals surface area contributed by atoms with Gasteiger partial charge in [-0.25, -0.2) is 4.99 Å². The van der Waals surface area contributed by atoms with Crippen LogP contribution < -0.4 is 0 Å². The Balaban J connectivity index is 1.30. The van der Waals surface area contributed by atoms with Gasteiger partial charge in [0.15, 0.2) is 5.72 Å². The molecule has 206 valence electrons. The fraction of sp³-hybridized carbons (Fsp3) is 0.333. The van der Waals surface area contributed by atoms with E-state index in [2.05, 4.69) is 35.0 Å². The molecule has 1 atom stereocenters. The van der Waals surface area contributed by atoms with E-state index in [0.717, 1.165) is 45.3 Å². The first-order valence-electron chi connectivity index (χ1n) is 13.5. The van der Waals surface area contributed by atoms with Gasteiger partial charge in [-0.2, -0.15) is 0 Å². The number of aliphatic imine (C=N–C) groups is 1. The summed E-state index contributed by atoms with van der Waals surface area (Å²) in [7, 11) is 0. The number of carbonyl (C=O) groups excluding carboxylic acids is 3. The number of ether oxygens (including phenoxy) is 1. The van der Waals surface area contributed by atoms with Crippen LogP contribution in [0, 0.1) is 0 Å². The van der Waals surface area contributed by atoms with Crippen LogP contribution in [0.15, 0.2) is 88.3 Å². The van der Waals surface area contributed by atoms with Gasteiger partial charge in [-0.15, -0.1) is 0 Å². The summed E-state index contributed by atoms with van der Waals surface area (Å²) in [5.74, 6) is -1.09. The van der Waals surface area contributed by atoms with Gasteiger partial charge < -0.3 is 4.74 Å². The molecular formula is C33H33BrN2O4. The maximum absolute atomic E-state index is 13.3. The van der Waals surface area contributed by atoms with Crippen LogP contribution in [0.3, 0.4) is 0 Å². The van der Waals surface area contributed by atoms with Gasteiger partial charge in [-0.3, -0.25) is 19.3 Å². The Morgan fingerprint density at radius 3 is 2.12 bits per heavy atom. The molecule has 1 spiro atoms. The van der Waals surface area contributed by atoms with Gasteiger partial charge >= 0.3 is 5.97 Å². The van der Waals surface area contributed by atoms with E-state index in [9.17, 15) is 14.4 Å². The highest BCUT2D eigenvalue weighted by Gasteiger charge is 2.57. The molecule has 0 bridgehead atoms. The Morgan fingerprint density at radius 1 is 0.975 bits per heavy atom. The van der Waals surface area contributed by atoms with E-state index in [4.69, 9.17) is 9.73 Å². The summed E-state index contributed by atoms with van der Waals surface area (Å²) in [6.45, 7) is 4.99. The van der Waals surface area contributed by atoms with E-state index in [1.165, 1.54) is 5.56 Å². The Bertz CT molecular complexity index is 1420. The van der Waals surface area contributed by atoms with Crippen LogP contribution in [0.2, 0.25) is 0 Å². The molecule has 2 aliphatic carbocycles. The zero-order chi connectivity index (χ0) is 28.5. The second-order valence-electron chi connectivity index (χ2n) is 11.6. The fourth-order valence-electron chi connectivity index (χ4n) is 6.02. The van der Waals surface area contributed by atoms with Crippen LogP contribution in [0.5, 0.6) is 0 Å². The second kappa shape index (κ2) is 10.8. The zero-order valence-corrected chi connectivity index (χ0v) is 24.6. The molecule has 1 saturated carbocycles. The largest absolute Gasteiger partial charge is 0.436 e. The third-order valence-corrected chi connectivity index (χ3v) is 8.41. The minimum Gasteiger partial charge on any atom is -0.436 e. The van der Waals surface area contributed by atoms with E-state index in [1.54, 1.807) is 13.8 Å². The fourth-order valence-corrected chi connectivity index (χ4v) is 6.38.